The van der Waals surface area contributed by atoms with E-state index in [4.69, 9.17) is 5.73 Å². The van der Waals surface area contributed by atoms with Crippen LogP contribution >= 0.6 is 0 Å². The van der Waals surface area contributed by atoms with Crippen molar-refractivity contribution in [3.63, 3.8) is 0 Å². The fourth-order valence-corrected chi connectivity index (χ4v) is 5.46. The number of likely N-dealkylation sites (tertiary alicyclic amines) is 1. The summed E-state index contributed by atoms with van der Waals surface area (Å²) in [7, 11) is 0. The first-order chi connectivity index (χ1) is 14.7. The largest absolute Gasteiger partial charge is 0.399 e. The molecule has 0 aromatic heterocycles. The lowest BCUT2D eigenvalue weighted by Crippen LogP contribution is -2.48. The lowest BCUT2D eigenvalue weighted by atomic mass is 9.54. The average molecular weight is 435 g/mol. The van der Waals surface area contributed by atoms with Crippen LogP contribution in [0.15, 0.2) is 18.2 Å². The number of anilines is 2. The van der Waals surface area contributed by atoms with Crippen LogP contribution in [0.3, 0.4) is 0 Å². The summed E-state index contributed by atoms with van der Waals surface area (Å²) in [6.07, 6.45) is 5.64. The number of nitrogen functional groups attached to an aromatic ring is 1. The fourth-order valence-electron chi connectivity index (χ4n) is 5.46. The van der Waals surface area contributed by atoms with Gasteiger partial charge in [0.15, 0.2) is 0 Å². The van der Waals surface area contributed by atoms with E-state index in [0.29, 0.717) is 36.2 Å². The van der Waals surface area contributed by atoms with Gasteiger partial charge in [-0.2, -0.15) is 0 Å². The van der Waals surface area contributed by atoms with Gasteiger partial charge >= 0.3 is 0 Å². The third-order valence-corrected chi connectivity index (χ3v) is 7.62. The van der Waals surface area contributed by atoms with Gasteiger partial charge in [0.2, 0.25) is 0 Å². The van der Waals surface area contributed by atoms with Crippen LogP contribution in [0.5, 0.6) is 0 Å². The quantitative estimate of drug-likeness (QED) is 0.253. The SMILES string of the molecule is CC(C)C1(CCNc2ccc(N)cc2[N+](=O)[O-])CC(CCN2CCC(O)CC2CO)C1. The zero-order valence-corrected chi connectivity index (χ0v) is 18.8. The van der Waals surface area contributed by atoms with Crippen molar-refractivity contribution < 1.29 is 15.1 Å². The molecule has 2 fully saturated rings. The first-order valence-corrected chi connectivity index (χ1v) is 11.5. The van der Waals surface area contributed by atoms with Crippen molar-refractivity contribution in [2.45, 2.75) is 64.5 Å². The molecular formula is C23H38N4O4. The molecule has 3 rings (SSSR count). The minimum Gasteiger partial charge on any atom is -0.399 e. The van der Waals surface area contributed by atoms with Gasteiger partial charge in [-0.15, -0.1) is 0 Å². The molecule has 2 aliphatic rings. The predicted octanol–water partition coefficient (Wildman–Crippen LogP) is 3.24. The Morgan fingerprint density at radius 2 is 2.13 bits per heavy atom. The van der Waals surface area contributed by atoms with E-state index in [2.05, 4.69) is 24.1 Å². The van der Waals surface area contributed by atoms with Crippen LogP contribution < -0.4 is 11.1 Å². The summed E-state index contributed by atoms with van der Waals surface area (Å²) < 4.78 is 0. The monoisotopic (exact) mass is 434 g/mol. The summed E-state index contributed by atoms with van der Waals surface area (Å²) in [5.74, 6) is 1.24. The number of hydrogen-bond acceptors (Lipinski definition) is 7. The first kappa shape index (κ1) is 23.8. The zero-order chi connectivity index (χ0) is 22.6. The van der Waals surface area contributed by atoms with E-state index < -0.39 is 4.92 Å². The third-order valence-electron chi connectivity index (χ3n) is 7.62. The van der Waals surface area contributed by atoms with E-state index in [9.17, 15) is 20.3 Å². The summed E-state index contributed by atoms with van der Waals surface area (Å²) in [5, 5.41) is 34.0. The Balaban J connectivity index is 1.48. The van der Waals surface area contributed by atoms with Crippen LogP contribution in [0.2, 0.25) is 0 Å². The van der Waals surface area contributed by atoms with Crippen molar-refractivity contribution in [3.8, 4) is 0 Å². The smallest absolute Gasteiger partial charge is 0.294 e. The normalized spacial score (nSPS) is 29.0. The molecule has 1 aliphatic heterocycles. The van der Waals surface area contributed by atoms with Gasteiger partial charge in [-0.05, 0) is 74.5 Å². The van der Waals surface area contributed by atoms with Crippen molar-refractivity contribution in [1.29, 1.82) is 0 Å². The predicted molar refractivity (Wildman–Crippen MR) is 123 cm³/mol. The molecule has 0 radical (unpaired) electrons. The Bertz CT molecular complexity index is 751. The molecule has 174 valence electrons. The number of aliphatic hydroxyl groups excluding tert-OH is 2. The Morgan fingerprint density at radius 1 is 1.39 bits per heavy atom. The summed E-state index contributed by atoms with van der Waals surface area (Å²) in [6.45, 7) is 7.20. The maximum absolute atomic E-state index is 11.3. The molecule has 8 heteroatoms. The lowest BCUT2D eigenvalue weighted by Gasteiger charge is -2.52. The van der Waals surface area contributed by atoms with Gasteiger partial charge < -0.3 is 21.3 Å². The molecular weight excluding hydrogens is 396 g/mol. The zero-order valence-electron chi connectivity index (χ0n) is 18.8. The van der Waals surface area contributed by atoms with Crippen molar-refractivity contribution in [1.82, 2.24) is 4.90 Å². The summed E-state index contributed by atoms with van der Waals surface area (Å²) in [5.41, 5.74) is 6.91. The highest BCUT2D eigenvalue weighted by atomic mass is 16.6. The molecule has 0 spiro atoms. The second-order valence-electron chi connectivity index (χ2n) is 9.84. The van der Waals surface area contributed by atoms with Crippen LogP contribution in [0.4, 0.5) is 17.1 Å². The minimum absolute atomic E-state index is 0.0233. The molecule has 8 nitrogen and oxygen atoms in total. The van der Waals surface area contributed by atoms with Crippen LogP contribution in [-0.4, -0.2) is 58.4 Å². The van der Waals surface area contributed by atoms with Crippen LogP contribution in [0.1, 0.15) is 52.4 Å². The van der Waals surface area contributed by atoms with Gasteiger partial charge in [0.05, 0.1) is 17.6 Å². The maximum Gasteiger partial charge on any atom is 0.294 e. The fraction of sp³-hybridized carbons (Fsp3) is 0.739. The number of piperidine rings is 1. The molecule has 1 aromatic rings. The van der Waals surface area contributed by atoms with Crippen molar-refractivity contribution in [2.24, 2.45) is 17.3 Å². The first-order valence-electron chi connectivity index (χ1n) is 11.5. The van der Waals surface area contributed by atoms with Gasteiger partial charge in [0.25, 0.3) is 5.69 Å². The highest BCUT2D eigenvalue weighted by Gasteiger charge is 2.45. The van der Waals surface area contributed by atoms with E-state index in [1.54, 1.807) is 12.1 Å². The molecule has 0 bridgehead atoms. The van der Waals surface area contributed by atoms with Crippen LogP contribution in [-0.2, 0) is 0 Å². The van der Waals surface area contributed by atoms with Crippen molar-refractivity contribution >= 4 is 17.1 Å². The number of nitrogens with one attached hydrogen (secondary N) is 1. The average Bonchev–Trinajstić information content (AvgIpc) is 2.70. The van der Waals surface area contributed by atoms with E-state index >= 15 is 0 Å². The molecule has 1 aromatic carbocycles. The second-order valence-corrected chi connectivity index (χ2v) is 9.84. The highest BCUT2D eigenvalue weighted by molar-refractivity contribution is 5.66. The van der Waals surface area contributed by atoms with Gasteiger partial charge in [0, 0.05) is 30.9 Å². The van der Waals surface area contributed by atoms with Crippen LogP contribution in [0, 0.1) is 27.4 Å². The topological polar surface area (TPSA) is 125 Å². The molecule has 31 heavy (non-hydrogen) atoms. The molecule has 1 saturated heterocycles. The number of rotatable bonds is 10. The number of hydrogen-bond donors (Lipinski definition) is 4. The summed E-state index contributed by atoms with van der Waals surface area (Å²) in [4.78, 5) is 13.2. The van der Waals surface area contributed by atoms with Gasteiger partial charge in [-0.1, -0.05) is 13.8 Å². The minimum atomic E-state index is -0.393. The number of benzene rings is 1. The van der Waals surface area contributed by atoms with Gasteiger partial charge in [-0.3, -0.25) is 15.0 Å². The Morgan fingerprint density at radius 3 is 2.77 bits per heavy atom. The molecule has 2 atom stereocenters. The van der Waals surface area contributed by atoms with E-state index in [1.165, 1.54) is 18.9 Å². The number of nitro groups is 1. The number of nitro benzene ring substituents is 1. The molecule has 5 N–H and O–H groups in total. The molecule has 1 saturated carbocycles. The number of nitrogens with two attached hydrogens (primary N) is 1. The maximum atomic E-state index is 11.3. The van der Waals surface area contributed by atoms with Crippen LogP contribution in [0.25, 0.3) is 0 Å². The third kappa shape index (κ3) is 5.67. The molecule has 1 heterocycles. The van der Waals surface area contributed by atoms with Crippen molar-refractivity contribution in [3.05, 3.63) is 28.3 Å². The Labute approximate surface area is 185 Å². The lowest BCUT2D eigenvalue weighted by molar-refractivity contribution is -0.383. The number of nitrogens with zero attached hydrogens (tertiary/aromatic N) is 2. The molecule has 0 amide bonds. The number of aliphatic hydroxyl groups is 2. The highest BCUT2D eigenvalue weighted by Crippen LogP contribution is 2.54. The Hall–Kier alpha value is -1.90. The standard InChI is InChI=1S/C23H38N4O4/c1-16(2)23(7-8-25-21-4-3-18(24)11-22(21)27(30)31)13-17(14-23)5-9-26-10-6-20(29)12-19(26)15-28/h3-4,11,16-17,19-20,25,28-29H,5-10,12-15,24H2,1-2H3. The van der Waals surface area contributed by atoms with Crippen molar-refractivity contribution in [2.75, 3.05) is 37.3 Å². The summed E-state index contributed by atoms with van der Waals surface area (Å²) >= 11 is 0. The Kier molecular flexibility index (Phi) is 7.78. The van der Waals surface area contributed by atoms with Gasteiger partial charge in [0.1, 0.15) is 5.69 Å². The molecule has 1 aliphatic carbocycles. The summed E-state index contributed by atoms with van der Waals surface area (Å²) in [6, 6.07) is 4.86. The van der Waals surface area contributed by atoms with Gasteiger partial charge in [-0.25, -0.2) is 0 Å². The molecule has 2 unspecified atom stereocenters. The second kappa shape index (κ2) is 10.1. The van der Waals surface area contributed by atoms with E-state index in [0.717, 1.165) is 32.4 Å². The van der Waals surface area contributed by atoms with E-state index in [1.807, 2.05) is 0 Å². The van der Waals surface area contributed by atoms with E-state index in [-0.39, 0.29) is 29.9 Å².